The molecule has 37 heavy (non-hydrogen) atoms. The molecule has 1 aromatic heterocycles. The van der Waals surface area contributed by atoms with Crippen LogP contribution in [0.2, 0.25) is 0 Å². The molecule has 3 aliphatic heterocycles. The second kappa shape index (κ2) is 7.82. The van der Waals surface area contributed by atoms with Crippen LogP contribution in [0.4, 0.5) is 5.69 Å². The number of ether oxygens (including phenoxy) is 1. The van der Waals surface area contributed by atoms with Crippen molar-refractivity contribution in [2.45, 2.75) is 36.9 Å². The number of rotatable bonds is 3. The summed E-state index contributed by atoms with van der Waals surface area (Å²) >= 11 is 0. The smallest absolute Gasteiger partial charge is 0.271 e. The number of nitrogens with two attached hydrogens (primary N) is 1. The number of likely N-dealkylation sites (tertiary alicyclic amines) is 2. The van der Waals surface area contributed by atoms with Gasteiger partial charge < -0.3 is 30.6 Å². The minimum absolute atomic E-state index is 0.115. The number of nitrogens with one attached hydrogen (secondary N) is 2. The van der Waals surface area contributed by atoms with E-state index >= 15 is 0 Å². The predicted molar refractivity (Wildman–Crippen MR) is 137 cm³/mol. The van der Waals surface area contributed by atoms with E-state index in [2.05, 4.69) is 10.3 Å². The first-order valence-electron chi connectivity index (χ1n) is 12.8. The normalized spacial score (nSPS) is 29.8. The largest absolute Gasteiger partial charge is 0.496 e. The van der Waals surface area contributed by atoms with Crippen LogP contribution in [0, 0.1) is 11.8 Å². The first-order chi connectivity index (χ1) is 17.9. The van der Waals surface area contributed by atoms with Gasteiger partial charge in [0.1, 0.15) is 17.5 Å². The van der Waals surface area contributed by atoms with E-state index in [1.165, 1.54) is 0 Å². The molecular formula is C28H29N5O4. The quantitative estimate of drug-likeness (QED) is 0.511. The number of carbonyl (C=O) groups is 3. The summed E-state index contributed by atoms with van der Waals surface area (Å²) in [5.74, 6) is 0.634. The second-order valence-electron chi connectivity index (χ2n) is 10.8. The zero-order chi connectivity index (χ0) is 25.5. The molecule has 9 heteroatoms. The van der Waals surface area contributed by atoms with Crippen molar-refractivity contribution in [2.24, 2.45) is 17.6 Å². The van der Waals surface area contributed by atoms with Crippen molar-refractivity contribution in [1.29, 1.82) is 0 Å². The number of fused-ring (bicyclic) bond motifs is 4. The van der Waals surface area contributed by atoms with Crippen LogP contribution in [-0.2, 0) is 15.0 Å². The Hall–Kier alpha value is -3.85. The van der Waals surface area contributed by atoms with Crippen LogP contribution in [0.5, 0.6) is 5.75 Å². The van der Waals surface area contributed by atoms with Gasteiger partial charge in [-0.3, -0.25) is 14.4 Å². The van der Waals surface area contributed by atoms with E-state index in [-0.39, 0.29) is 30.2 Å². The molecule has 3 aromatic rings. The number of para-hydroxylation sites is 1. The highest BCUT2D eigenvalue weighted by Crippen LogP contribution is 2.49. The molecule has 0 radical (unpaired) electrons. The third-order valence-corrected chi connectivity index (χ3v) is 9.04. The average molecular weight is 500 g/mol. The number of nitrogens with zero attached hydrogens (tertiary/aromatic N) is 2. The molecule has 0 bridgehead atoms. The zero-order valence-corrected chi connectivity index (χ0v) is 20.6. The highest BCUT2D eigenvalue weighted by molar-refractivity contribution is 6.07. The monoisotopic (exact) mass is 499 g/mol. The maximum Gasteiger partial charge on any atom is 0.271 e. The predicted octanol–water partition coefficient (Wildman–Crippen LogP) is 2.43. The molecule has 1 aliphatic carbocycles. The van der Waals surface area contributed by atoms with Crippen molar-refractivity contribution in [3.8, 4) is 5.75 Å². The Morgan fingerprint density at radius 1 is 1.11 bits per heavy atom. The fourth-order valence-electron chi connectivity index (χ4n) is 7.02. The number of hydrogen-bond acceptors (Lipinski definition) is 5. The molecular weight excluding hydrogens is 470 g/mol. The molecule has 2 aromatic carbocycles. The molecule has 7 rings (SSSR count). The SMILES string of the molecule is COc1cccc2[nH]c(C(=O)N3C[C@@H]4CC[C@@H]4[C@H]3C(=O)N3C[C@]4(C[C@H]3N)C(=O)Nc3ccccc34)cc12. The molecule has 9 nitrogen and oxygen atoms in total. The summed E-state index contributed by atoms with van der Waals surface area (Å²) in [7, 11) is 1.60. The molecule has 5 atom stereocenters. The lowest BCUT2D eigenvalue weighted by Crippen LogP contribution is -2.54. The van der Waals surface area contributed by atoms with E-state index < -0.39 is 17.6 Å². The lowest BCUT2D eigenvalue weighted by Gasteiger charge is -2.36. The van der Waals surface area contributed by atoms with Crippen LogP contribution in [0.15, 0.2) is 48.5 Å². The van der Waals surface area contributed by atoms with Crippen molar-refractivity contribution in [1.82, 2.24) is 14.8 Å². The van der Waals surface area contributed by atoms with Gasteiger partial charge in [0, 0.05) is 36.1 Å². The van der Waals surface area contributed by atoms with E-state index in [1.54, 1.807) is 23.0 Å². The minimum Gasteiger partial charge on any atom is -0.496 e. The van der Waals surface area contributed by atoms with Crippen LogP contribution in [0.1, 0.15) is 35.3 Å². The van der Waals surface area contributed by atoms with Gasteiger partial charge in [-0.15, -0.1) is 0 Å². The molecule has 1 saturated carbocycles. The Balaban J connectivity index is 1.20. The molecule has 190 valence electrons. The molecule has 3 fully saturated rings. The van der Waals surface area contributed by atoms with E-state index in [0.717, 1.165) is 35.0 Å². The number of aromatic amines is 1. The van der Waals surface area contributed by atoms with Crippen molar-refractivity contribution in [3.63, 3.8) is 0 Å². The number of H-pyrrole nitrogens is 1. The van der Waals surface area contributed by atoms with Crippen LogP contribution in [-0.4, -0.2) is 64.9 Å². The third-order valence-electron chi connectivity index (χ3n) is 9.04. The standard InChI is InChI=1S/C28H29N5O4/c1-37-22-8-4-7-19-17(22)11-21(30-19)25(34)32-13-15-9-10-16(15)24(32)26(35)33-14-28(12-23(33)29)18-5-2-3-6-20(18)31-27(28)36/h2-8,11,15-16,23-24,30H,9-10,12-14,29H2,1H3,(H,31,36)/t15-,16-,23-,24-,28-/m0/s1. The topological polar surface area (TPSA) is 121 Å². The molecule has 4 heterocycles. The van der Waals surface area contributed by atoms with Crippen molar-refractivity contribution < 1.29 is 19.1 Å². The summed E-state index contributed by atoms with van der Waals surface area (Å²) in [6.07, 6.45) is 1.67. The van der Waals surface area contributed by atoms with Gasteiger partial charge in [0.05, 0.1) is 18.7 Å². The first kappa shape index (κ1) is 22.4. The number of benzene rings is 2. The van der Waals surface area contributed by atoms with Crippen LogP contribution in [0.3, 0.4) is 0 Å². The van der Waals surface area contributed by atoms with Crippen LogP contribution >= 0.6 is 0 Å². The molecule has 2 saturated heterocycles. The number of aromatic nitrogens is 1. The summed E-state index contributed by atoms with van der Waals surface area (Å²) in [6, 6.07) is 14.4. The van der Waals surface area contributed by atoms with Crippen molar-refractivity contribution in [3.05, 3.63) is 59.8 Å². The van der Waals surface area contributed by atoms with Gasteiger partial charge in [0.2, 0.25) is 11.8 Å². The van der Waals surface area contributed by atoms with Crippen molar-refractivity contribution >= 4 is 34.3 Å². The van der Waals surface area contributed by atoms with Gasteiger partial charge in [-0.05, 0) is 54.5 Å². The minimum atomic E-state index is -0.855. The average Bonchev–Trinajstić information content (AvgIpc) is 3.61. The van der Waals surface area contributed by atoms with Gasteiger partial charge in [-0.25, -0.2) is 0 Å². The molecule has 4 aliphatic rings. The summed E-state index contributed by atoms with van der Waals surface area (Å²) < 4.78 is 5.46. The molecule has 1 spiro atoms. The zero-order valence-electron chi connectivity index (χ0n) is 20.6. The highest BCUT2D eigenvalue weighted by atomic mass is 16.5. The molecule has 3 amide bonds. The van der Waals surface area contributed by atoms with Crippen molar-refractivity contribution in [2.75, 3.05) is 25.5 Å². The Kier molecular flexibility index (Phi) is 4.73. The summed E-state index contributed by atoms with van der Waals surface area (Å²) in [6.45, 7) is 0.763. The van der Waals surface area contributed by atoms with E-state index in [9.17, 15) is 14.4 Å². The van der Waals surface area contributed by atoms with Crippen LogP contribution in [0.25, 0.3) is 10.9 Å². The Bertz CT molecular complexity index is 1470. The van der Waals surface area contributed by atoms with Gasteiger partial charge >= 0.3 is 0 Å². The Morgan fingerprint density at radius 2 is 1.95 bits per heavy atom. The highest BCUT2D eigenvalue weighted by Gasteiger charge is 2.59. The van der Waals surface area contributed by atoms with Gasteiger partial charge in [0.15, 0.2) is 0 Å². The third kappa shape index (κ3) is 3.03. The Morgan fingerprint density at radius 3 is 2.73 bits per heavy atom. The number of carbonyl (C=O) groups excluding carboxylic acids is 3. The van der Waals surface area contributed by atoms with E-state index in [1.807, 2.05) is 42.5 Å². The van der Waals surface area contributed by atoms with Gasteiger partial charge in [0.25, 0.3) is 5.91 Å². The second-order valence-corrected chi connectivity index (χ2v) is 10.8. The number of anilines is 1. The molecule has 4 N–H and O–H groups in total. The van der Waals surface area contributed by atoms with Gasteiger partial charge in [-0.2, -0.15) is 0 Å². The number of amides is 3. The summed E-state index contributed by atoms with van der Waals surface area (Å²) in [4.78, 5) is 47.6. The molecule has 0 unspecified atom stereocenters. The lowest BCUT2D eigenvalue weighted by atomic mass is 9.73. The fraction of sp³-hybridized carbons (Fsp3) is 0.393. The van der Waals surface area contributed by atoms with E-state index in [4.69, 9.17) is 10.5 Å². The van der Waals surface area contributed by atoms with E-state index in [0.29, 0.717) is 30.3 Å². The Labute approximate surface area is 213 Å². The maximum absolute atomic E-state index is 14.1. The number of methoxy groups -OCH3 is 1. The summed E-state index contributed by atoms with van der Waals surface area (Å²) in [5, 5.41) is 3.79. The lowest BCUT2D eigenvalue weighted by molar-refractivity contribution is -0.138. The number of hydrogen-bond donors (Lipinski definition) is 3. The summed E-state index contributed by atoms with van der Waals surface area (Å²) in [5.41, 5.74) is 8.59. The van der Waals surface area contributed by atoms with Gasteiger partial charge in [-0.1, -0.05) is 24.3 Å². The fourth-order valence-corrected chi connectivity index (χ4v) is 7.02. The first-order valence-corrected chi connectivity index (χ1v) is 12.8. The maximum atomic E-state index is 14.1. The van der Waals surface area contributed by atoms with Crippen LogP contribution < -0.4 is 15.8 Å².